The lowest BCUT2D eigenvalue weighted by Gasteiger charge is -2.30. The van der Waals surface area contributed by atoms with Crippen LogP contribution in [0.1, 0.15) is 37.9 Å². The lowest BCUT2D eigenvalue weighted by atomic mass is 9.91. The summed E-state index contributed by atoms with van der Waals surface area (Å²) in [5.74, 6) is -0.319. The largest absolute Gasteiger partial charge is 0.329 e. The standard InChI is InChI=1S/C16H12N2O2.C2H6/c1-9-11-7-6-10-4-2-3-5-12(10)13(11)8-14-15(19)17-16(20)18(9)14;1-2/h2-9H,1H3,(H,17,19,20);1-2H3. The maximum atomic E-state index is 11.9. The molecule has 0 radical (unpaired) electrons. The predicted octanol–water partition coefficient (Wildman–Crippen LogP) is 3.83. The SMILES string of the molecule is CC.CC1c2ccc3ccccc3c2C=C2C(=O)NC(=O)N21. The van der Waals surface area contributed by atoms with Crippen molar-refractivity contribution < 1.29 is 9.59 Å². The van der Waals surface area contributed by atoms with Crippen LogP contribution in [0.4, 0.5) is 4.79 Å². The van der Waals surface area contributed by atoms with Crippen LogP contribution in [0.2, 0.25) is 0 Å². The fourth-order valence-corrected chi connectivity index (χ4v) is 3.07. The highest BCUT2D eigenvalue weighted by Gasteiger charge is 2.40. The molecule has 0 bridgehead atoms. The summed E-state index contributed by atoms with van der Waals surface area (Å²) in [4.78, 5) is 25.3. The van der Waals surface area contributed by atoms with Crippen LogP contribution in [0.25, 0.3) is 16.8 Å². The highest BCUT2D eigenvalue weighted by Crippen LogP contribution is 2.39. The third kappa shape index (κ3) is 1.91. The van der Waals surface area contributed by atoms with Gasteiger partial charge in [-0.3, -0.25) is 15.0 Å². The lowest BCUT2D eigenvalue weighted by Crippen LogP contribution is -2.31. The number of rotatable bonds is 0. The average molecular weight is 294 g/mol. The van der Waals surface area contributed by atoms with Gasteiger partial charge in [-0.2, -0.15) is 0 Å². The predicted molar refractivity (Wildman–Crippen MR) is 87.1 cm³/mol. The van der Waals surface area contributed by atoms with Gasteiger partial charge in [-0.15, -0.1) is 0 Å². The molecule has 4 nitrogen and oxygen atoms in total. The Balaban J connectivity index is 0.000000693. The van der Waals surface area contributed by atoms with E-state index in [1.165, 1.54) is 4.90 Å². The van der Waals surface area contributed by atoms with Crippen molar-refractivity contribution >= 4 is 28.8 Å². The Morgan fingerprint density at radius 3 is 2.55 bits per heavy atom. The molecule has 0 spiro atoms. The van der Waals surface area contributed by atoms with Gasteiger partial charge in [0.05, 0.1) is 6.04 Å². The topological polar surface area (TPSA) is 49.4 Å². The van der Waals surface area contributed by atoms with E-state index in [4.69, 9.17) is 0 Å². The molecule has 4 rings (SSSR count). The molecule has 1 N–H and O–H groups in total. The molecule has 0 aromatic heterocycles. The van der Waals surface area contributed by atoms with Gasteiger partial charge in [-0.1, -0.05) is 50.2 Å². The normalized spacial score (nSPS) is 19.0. The smallest absolute Gasteiger partial charge is 0.282 e. The monoisotopic (exact) mass is 294 g/mol. The molecule has 0 saturated carbocycles. The number of imide groups is 1. The van der Waals surface area contributed by atoms with Crippen molar-refractivity contribution in [1.29, 1.82) is 0 Å². The van der Waals surface area contributed by atoms with Gasteiger partial charge in [0.1, 0.15) is 5.70 Å². The van der Waals surface area contributed by atoms with Gasteiger partial charge < -0.3 is 0 Å². The van der Waals surface area contributed by atoms with Crippen molar-refractivity contribution in [3.8, 4) is 0 Å². The molecule has 0 aliphatic carbocycles. The lowest BCUT2D eigenvalue weighted by molar-refractivity contribution is -0.116. The van der Waals surface area contributed by atoms with Gasteiger partial charge in [0.25, 0.3) is 5.91 Å². The first-order chi connectivity index (χ1) is 10.7. The Morgan fingerprint density at radius 1 is 1.05 bits per heavy atom. The summed E-state index contributed by atoms with van der Waals surface area (Å²) >= 11 is 0. The molecule has 1 fully saturated rings. The number of urea groups is 1. The highest BCUT2D eigenvalue weighted by molar-refractivity contribution is 6.15. The zero-order valence-corrected chi connectivity index (χ0v) is 12.9. The number of fused-ring (bicyclic) bond motifs is 4. The molecule has 1 unspecified atom stereocenters. The summed E-state index contributed by atoms with van der Waals surface area (Å²) in [7, 11) is 0. The number of hydrogen-bond acceptors (Lipinski definition) is 2. The van der Waals surface area contributed by atoms with Crippen molar-refractivity contribution in [1.82, 2.24) is 10.2 Å². The molecule has 2 aliphatic rings. The number of hydrogen-bond donors (Lipinski definition) is 1. The third-order valence-corrected chi connectivity index (χ3v) is 4.05. The van der Waals surface area contributed by atoms with Crippen LogP contribution in [0.3, 0.4) is 0 Å². The fourth-order valence-electron chi connectivity index (χ4n) is 3.07. The van der Waals surface area contributed by atoms with Crippen LogP contribution >= 0.6 is 0 Å². The summed E-state index contributed by atoms with van der Waals surface area (Å²) in [5.41, 5.74) is 2.54. The van der Waals surface area contributed by atoms with Gasteiger partial charge in [-0.25, -0.2) is 4.79 Å². The highest BCUT2D eigenvalue weighted by atomic mass is 16.2. The number of carbonyl (C=O) groups excluding carboxylic acids is 2. The molecule has 2 heterocycles. The van der Waals surface area contributed by atoms with Gasteiger partial charge in [-0.05, 0) is 34.9 Å². The van der Waals surface area contributed by atoms with Gasteiger partial charge >= 0.3 is 6.03 Å². The average Bonchev–Trinajstić information content (AvgIpc) is 2.84. The van der Waals surface area contributed by atoms with E-state index in [1.807, 2.05) is 57.2 Å². The van der Waals surface area contributed by atoms with E-state index < -0.39 is 0 Å². The van der Waals surface area contributed by atoms with Crippen molar-refractivity contribution in [3.05, 3.63) is 53.2 Å². The molecule has 4 heteroatoms. The van der Waals surface area contributed by atoms with E-state index in [2.05, 4.69) is 11.4 Å². The zero-order chi connectivity index (χ0) is 15.9. The van der Waals surface area contributed by atoms with E-state index >= 15 is 0 Å². The van der Waals surface area contributed by atoms with E-state index in [0.29, 0.717) is 5.70 Å². The summed E-state index contributed by atoms with van der Waals surface area (Å²) < 4.78 is 0. The molecule has 112 valence electrons. The van der Waals surface area contributed by atoms with Crippen molar-refractivity contribution in [2.75, 3.05) is 0 Å². The molecule has 1 saturated heterocycles. The van der Waals surface area contributed by atoms with Crippen LogP contribution in [0.15, 0.2) is 42.1 Å². The van der Waals surface area contributed by atoms with E-state index in [9.17, 15) is 9.59 Å². The van der Waals surface area contributed by atoms with E-state index in [1.54, 1.807) is 0 Å². The van der Waals surface area contributed by atoms with Crippen molar-refractivity contribution in [2.45, 2.75) is 26.8 Å². The second-order valence-electron chi connectivity index (χ2n) is 5.12. The van der Waals surface area contributed by atoms with Crippen molar-refractivity contribution in [3.63, 3.8) is 0 Å². The molecule has 22 heavy (non-hydrogen) atoms. The fraction of sp³-hybridized carbons (Fsp3) is 0.222. The molecule has 2 aliphatic heterocycles. The van der Waals surface area contributed by atoms with Crippen LogP contribution < -0.4 is 5.32 Å². The number of benzene rings is 2. The van der Waals surface area contributed by atoms with E-state index in [-0.39, 0.29) is 18.0 Å². The van der Waals surface area contributed by atoms with Crippen molar-refractivity contribution in [2.24, 2.45) is 0 Å². The van der Waals surface area contributed by atoms with Gasteiger partial charge in [0, 0.05) is 0 Å². The van der Waals surface area contributed by atoms with Gasteiger partial charge in [0.15, 0.2) is 0 Å². The van der Waals surface area contributed by atoms with Crippen LogP contribution in [-0.4, -0.2) is 16.8 Å². The molecular formula is C18H18N2O2. The summed E-state index contributed by atoms with van der Waals surface area (Å²) in [5, 5.41) is 4.59. The maximum Gasteiger partial charge on any atom is 0.329 e. The maximum absolute atomic E-state index is 11.9. The Bertz CT molecular complexity index is 808. The van der Waals surface area contributed by atoms with Crippen LogP contribution in [0, 0.1) is 0 Å². The Morgan fingerprint density at radius 2 is 1.77 bits per heavy atom. The van der Waals surface area contributed by atoms with Crippen LogP contribution in [-0.2, 0) is 4.79 Å². The summed E-state index contributed by atoms with van der Waals surface area (Å²) in [6, 6.07) is 11.7. The summed E-state index contributed by atoms with van der Waals surface area (Å²) in [6.07, 6.45) is 1.82. The third-order valence-electron chi connectivity index (χ3n) is 4.05. The molecule has 2 aromatic rings. The first-order valence-corrected chi connectivity index (χ1v) is 7.55. The Hall–Kier alpha value is -2.62. The molecule has 2 aromatic carbocycles. The first-order valence-electron chi connectivity index (χ1n) is 7.55. The number of nitrogens with one attached hydrogen (secondary N) is 1. The first kappa shape index (κ1) is 14.3. The van der Waals surface area contributed by atoms with Crippen LogP contribution in [0.5, 0.6) is 0 Å². The Kier molecular flexibility index (Phi) is 3.45. The minimum Gasteiger partial charge on any atom is -0.282 e. The Labute approximate surface area is 129 Å². The second kappa shape index (κ2) is 5.30. The van der Waals surface area contributed by atoms with E-state index in [0.717, 1.165) is 21.9 Å². The molecular weight excluding hydrogens is 276 g/mol. The number of nitrogens with zero attached hydrogens (tertiary/aromatic N) is 1. The summed E-state index contributed by atoms with van der Waals surface area (Å²) in [6.45, 7) is 5.94. The van der Waals surface area contributed by atoms with Gasteiger partial charge in [0.2, 0.25) is 0 Å². The second-order valence-corrected chi connectivity index (χ2v) is 5.12. The minimum absolute atomic E-state index is 0.138. The molecule has 1 atom stereocenters. The molecule has 3 amide bonds. The minimum atomic E-state index is -0.340. The zero-order valence-electron chi connectivity index (χ0n) is 12.9. The quantitative estimate of drug-likeness (QED) is 0.751. The number of amides is 3. The number of carbonyl (C=O) groups is 2.